The van der Waals surface area contributed by atoms with Gasteiger partial charge in [-0.3, -0.25) is 9.59 Å². The Morgan fingerprint density at radius 3 is 2.33 bits per heavy atom. The molecule has 5 nitrogen and oxygen atoms in total. The van der Waals surface area contributed by atoms with E-state index in [1.165, 1.54) is 0 Å². The first-order valence-corrected chi connectivity index (χ1v) is 9.46. The lowest BCUT2D eigenvalue weighted by Crippen LogP contribution is -2.36. The first kappa shape index (κ1) is 20.5. The monoisotopic (exact) mass is 367 g/mol. The number of hydrogen-bond donors (Lipinski definition) is 2. The van der Waals surface area contributed by atoms with Crippen LogP contribution in [0.5, 0.6) is 0 Å². The zero-order chi connectivity index (χ0) is 19.8. The van der Waals surface area contributed by atoms with E-state index < -0.39 is 0 Å². The van der Waals surface area contributed by atoms with Crippen molar-refractivity contribution < 1.29 is 9.59 Å². The Labute approximate surface area is 161 Å². The Hall–Kier alpha value is -2.82. The lowest BCUT2D eigenvalue weighted by atomic mass is 10.1. The van der Waals surface area contributed by atoms with Gasteiger partial charge in [-0.2, -0.15) is 0 Å². The Kier molecular flexibility index (Phi) is 7.41. The first-order valence-electron chi connectivity index (χ1n) is 9.46. The molecule has 5 heteroatoms. The molecule has 27 heavy (non-hydrogen) atoms. The average molecular weight is 367 g/mol. The number of nitrogen functional groups attached to an aromatic ring is 1. The molecular weight excluding hydrogens is 338 g/mol. The van der Waals surface area contributed by atoms with Crippen molar-refractivity contribution in [3.05, 3.63) is 59.7 Å². The molecule has 0 aliphatic carbocycles. The van der Waals surface area contributed by atoms with Crippen molar-refractivity contribution in [1.82, 2.24) is 4.90 Å². The van der Waals surface area contributed by atoms with E-state index in [0.29, 0.717) is 29.9 Å². The fourth-order valence-corrected chi connectivity index (χ4v) is 2.79. The van der Waals surface area contributed by atoms with Crippen LogP contribution < -0.4 is 11.1 Å². The highest BCUT2D eigenvalue weighted by molar-refractivity contribution is 6.05. The summed E-state index contributed by atoms with van der Waals surface area (Å²) in [6.45, 7) is 6.68. The normalized spacial score (nSPS) is 10.7. The van der Waals surface area contributed by atoms with Crippen molar-refractivity contribution in [3.63, 3.8) is 0 Å². The predicted molar refractivity (Wildman–Crippen MR) is 110 cm³/mol. The summed E-state index contributed by atoms with van der Waals surface area (Å²) >= 11 is 0. The van der Waals surface area contributed by atoms with Gasteiger partial charge in [-0.15, -0.1) is 0 Å². The van der Waals surface area contributed by atoms with E-state index in [1.807, 2.05) is 43.0 Å². The summed E-state index contributed by atoms with van der Waals surface area (Å²) in [6.07, 6.45) is 2.49. The molecule has 0 heterocycles. The maximum atomic E-state index is 12.4. The zero-order valence-corrected chi connectivity index (χ0v) is 16.4. The van der Waals surface area contributed by atoms with Crippen molar-refractivity contribution in [2.24, 2.45) is 0 Å². The molecule has 2 amide bonds. The minimum Gasteiger partial charge on any atom is -0.397 e. The van der Waals surface area contributed by atoms with Gasteiger partial charge >= 0.3 is 0 Å². The third kappa shape index (κ3) is 5.84. The zero-order valence-electron chi connectivity index (χ0n) is 16.4. The highest BCUT2D eigenvalue weighted by Gasteiger charge is 2.17. The first-order chi connectivity index (χ1) is 12.9. The summed E-state index contributed by atoms with van der Waals surface area (Å²) in [4.78, 5) is 26.7. The van der Waals surface area contributed by atoms with Gasteiger partial charge in [0.05, 0.1) is 11.4 Å². The van der Waals surface area contributed by atoms with Gasteiger partial charge in [0.25, 0.3) is 5.91 Å². The van der Waals surface area contributed by atoms with Crippen LogP contribution in [0.2, 0.25) is 0 Å². The molecule has 3 N–H and O–H groups in total. The Morgan fingerprint density at radius 2 is 1.74 bits per heavy atom. The van der Waals surface area contributed by atoms with Crippen LogP contribution in [0.4, 0.5) is 11.4 Å². The van der Waals surface area contributed by atoms with Crippen LogP contribution in [0.25, 0.3) is 0 Å². The van der Waals surface area contributed by atoms with Crippen molar-refractivity contribution in [2.75, 3.05) is 11.1 Å². The highest BCUT2D eigenvalue weighted by atomic mass is 16.2. The molecule has 0 saturated carbocycles. The molecule has 0 fully saturated rings. The van der Waals surface area contributed by atoms with Crippen LogP contribution in [-0.2, 0) is 11.3 Å². The van der Waals surface area contributed by atoms with Gasteiger partial charge in [0.2, 0.25) is 5.91 Å². The Morgan fingerprint density at radius 1 is 1.07 bits per heavy atom. The second kappa shape index (κ2) is 9.76. The lowest BCUT2D eigenvalue weighted by Gasteiger charge is -2.27. The van der Waals surface area contributed by atoms with Gasteiger partial charge < -0.3 is 16.0 Å². The fourth-order valence-electron chi connectivity index (χ4n) is 2.79. The summed E-state index contributed by atoms with van der Waals surface area (Å²) in [6, 6.07) is 14.6. The third-order valence-electron chi connectivity index (χ3n) is 4.47. The van der Waals surface area contributed by atoms with Crippen molar-refractivity contribution in [3.8, 4) is 0 Å². The number of unbranched alkanes of at least 4 members (excludes halogenated alkanes) is 1. The number of amides is 2. The van der Waals surface area contributed by atoms with Gasteiger partial charge in [0.1, 0.15) is 0 Å². The minimum absolute atomic E-state index is 0.137. The predicted octanol–water partition coefficient (Wildman–Crippen LogP) is 4.45. The van der Waals surface area contributed by atoms with E-state index in [1.54, 1.807) is 24.3 Å². The van der Waals surface area contributed by atoms with E-state index in [4.69, 9.17) is 5.73 Å². The molecule has 0 radical (unpaired) electrons. The second-order valence-electron chi connectivity index (χ2n) is 6.96. The molecule has 0 unspecified atom stereocenters. The van der Waals surface area contributed by atoms with Gasteiger partial charge in [0, 0.05) is 24.6 Å². The number of hydrogen-bond acceptors (Lipinski definition) is 3. The molecule has 0 saturated heterocycles. The van der Waals surface area contributed by atoms with Gasteiger partial charge in [-0.05, 0) is 50.1 Å². The SMILES string of the molecule is CCCCC(=O)N(Cc1ccc(C(=O)Nc2ccccc2N)cc1)C(C)C. The number of nitrogens with one attached hydrogen (secondary N) is 1. The third-order valence-corrected chi connectivity index (χ3v) is 4.47. The van der Waals surface area contributed by atoms with Crippen LogP contribution in [-0.4, -0.2) is 22.8 Å². The Balaban J connectivity index is 2.04. The highest BCUT2D eigenvalue weighted by Crippen LogP contribution is 2.18. The van der Waals surface area contributed by atoms with E-state index in [9.17, 15) is 9.59 Å². The van der Waals surface area contributed by atoms with Gasteiger partial charge in [0.15, 0.2) is 0 Å². The van der Waals surface area contributed by atoms with E-state index in [-0.39, 0.29) is 17.9 Å². The number of anilines is 2. The quantitative estimate of drug-likeness (QED) is 0.677. The number of rotatable bonds is 8. The van der Waals surface area contributed by atoms with Gasteiger partial charge in [-0.1, -0.05) is 37.6 Å². The number of nitrogens with zero attached hydrogens (tertiary/aromatic N) is 1. The number of para-hydroxylation sites is 2. The fraction of sp³-hybridized carbons (Fsp3) is 0.364. The summed E-state index contributed by atoms with van der Waals surface area (Å²) in [5.41, 5.74) is 8.55. The molecule has 0 bridgehead atoms. The summed E-state index contributed by atoms with van der Waals surface area (Å²) in [7, 11) is 0. The topological polar surface area (TPSA) is 75.4 Å². The largest absolute Gasteiger partial charge is 0.397 e. The van der Waals surface area contributed by atoms with Crippen LogP contribution in [0.3, 0.4) is 0 Å². The van der Waals surface area contributed by atoms with Crippen LogP contribution in [0.15, 0.2) is 48.5 Å². The molecule has 0 aromatic heterocycles. The summed E-state index contributed by atoms with van der Waals surface area (Å²) in [5, 5.41) is 2.82. The number of nitrogens with two attached hydrogens (primary N) is 1. The molecule has 0 spiro atoms. The second-order valence-corrected chi connectivity index (χ2v) is 6.96. The number of benzene rings is 2. The van der Waals surface area contributed by atoms with Crippen LogP contribution in [0, 0.1) is 0 Å². The Bertz CT molecular complexity index is 769. The molecule has 0 aliphatic rings. The minimum atomic E-state index is -0.209. The van der Waals surface area contributed by atoms with Crippen LogP contribution >= 0.6 is 0 Å². The molecular formula is C22H29N3O2. The smallest absolute Gasteiger partial charge is 0.255 e. The van der Waals surface area contributed by atoms with Crippen molar-refractivity contribution in [1.29, 1.82) is 0 Å². The van der Waals surface area contributed by atoms with Crippen LogP contribution in [0.1, 0.15) is 56.0 Å². The van der Waals surface area contributed by atoms with Crippen molar-refractivity contribution in [2.45, 2.75) is 52.6 Å². The molecule has 2 rings (SSSR count). The molecule has 2 aromatic carbocycles. The number of carbonyl (C=O) groups excluding carboxylic acids is 2. The summed E-state index contributed by atoms with van der Waals surface area (Å²) in [5.74, 6) is -0.0348. The average Bonchev–Trinajstić information content (AvgIpc) is 2.66. The molecule has 2 aromatic rings. The van der Waals surface area contributed by atoms with E-state index in [2.05, 4.69) is 12.2 Å². The lowest BCUT2D eigenvalue weighted by molar-refractivity contribution is -0.133. The molecule has 0 aliphatic heterocycles. The molecule has 0 atom stereocenters. The van der Waals surface area contributed by atoms with Crippen molar-refractivity contribution >= 4 is 23.2 Å². The van der Waals surface area contributed by atoms with E-state index in [0.717, 1.165) is 18.4 Å². The summed E-state index contributed by atoms with van der Waals surface area (Å²) < 4.78 is 0. The van der Waals surface area contributed by atoms with Gasteiger partial charge in [-0.25, -0.2) is 0 Å². The van der Waals surface area contributed by atoms with E-state index >= 15 is 0 Å². The maximum Gasteiger partial charge on any atom is 0.255 e. The number of carbonyl (C=O) groups is 2. The standard InChI is InChI=1S/C22H29N3O2/c1-4-5-10-21(26)25(16(2)3)15-17-11-13-18(14-12-17)22(27)24-20-9-7-6-8-19(20)23/h6-9,11-14,16H,4-5,10,15,23H2,1-3H3,(H,24,27). The maximum absolute atomic E-state index is 12.4. The molecule has 144 valence electrons.